The molecule has 1 aromatic rings. The van der Waals surface area contributed by atoms with Crippen LogP contribution in [0.4, 0.5) is 0 Å². The first-order chi connectivity index (χ1) is 10.7. The van der Waals surface area contributed by atoms with Gasteiger partial charge in [0.15, 0.2) is 0 Å². The summed E-state index contributed by atoms with van der Waals surface area (Å²) in [6, 6.07) is 8.43. The largest absolute Gasteiger partial charge is 0.493 e. The molecule has 0 unspecified atom stereocenters. The van der Waals surface area contributed by atoms with Crippen molar-refractivity contribution in [3.8, 4) is 5.75 Å². The van der Waals surface area contributed by atoms with E-state index in [0.717, 1.165) is 37.8 Å². The first kappa shape index (κ1) is 16.8. The fraction of sp³-hybridized carbons (Fsp3) is 0.500. The van der Waals surface area contributed by atoms with Gasteiger partial charge in [0.25, 0.3) is 0 Å². The second-order valence-electron chi connectivity index (χ2n) is 6.26. The van der Waals surface area contributed by atoms with E-state index in [9.17, 15) is 0 Å². The van der Waals surface area contributed by atoms with Crippen LogP contribution in [-0.4, -0.2) is 19.7 Å². The van der Waals surface area contributed by atoms with Gasteiger partial charge >= 0.3 is 0 Å². The topological polar surface area (TPSA) is 21.3 Å². The van der Waals surface area contributed by atoms with E-state index in [0.29, 0.717) is 5.92 Å². The molecule has 1 aliphatic rings. The van der Waals surface area contributed by atoms with Crippen LogP contribution in [0.15, 0.2) is 42.5 Å². The van der Waals surface area contributed by atoms with Gasteiger partial charge in [-0.05, 0) is 55.5 Å². The summed E-state index contributed by atoms with van der Waals surface area (Å²) in [6.45, 7) is 9.55. The maximum atomic E-state index is 6.04. The molecule has 1 aromatic carbocycles. The van der Waals surface area contributed by atoms with E-state index in [1.54, 1.807) is 0 Å². The minimum atomic E-state index is 0.619. The van der Waals surface area contributed by atoms with E-state index in [1.165, 1.54) is 17.6 Å². The molecule has 2 rings (SSSR count). The fourth-order valence-corrected chi connectivity index (χ4v) is 2.98. The molecule has 22 heavy (non-hydrogen) atoms. The van der Waals surface area contributed by atoms with Gasteiger partial charge in [0.2, 0.25) is 0 Å². The summed E-state index contributed by atoms with van der Waals surface area (Å²) >= 11 is 0. The maximum Gasteiger partial charge on any atom is 0.119 e. The summed E-state index contributed by atoms with van der Waals surface area (Å²) in [7, 11) is 0. The summed E-state index contributed by atoms with van der Waals surface area (Å²) in [6.07, 6.45) is 8.84. The molecule has 1 heterocycles. The van der Waals surface area contributed by atoms with Gasteiger partial charge in [-0.1, -0.05) is 44.2 Å². The van der Waals surface area contributed by atoms with Crippen LogP contribution in [0.2, 0.25) is 0 Å². The number of allylic oxidation sites excluding steroid dienone is 4. The van der Waals surface area contributed by atoms with Gasteiger partial charge in [-0.15, -0.1) is 0 Å². The normalized spacial score (nSPS) is 23.0. The zero-order chi connectivity index (χ0) is 15.8. The molecule has 2 nitrogen and oxygen atoms in total. The van der Waals surface area contributed by atoms with Crippen molar-refractivity contribution in [3.63, 3.8) is 0 Å². The van der Waals surface area contributed by atoms with Crippen molar-refractivity contribution in [2.45, 2.75) is 33.6 Å². The van der Waals surface area contributed by atoms with Gasteiger partial charge in [0, 0.05) is 12.5 Å². The summed E-state index contributed by atoms with van der Waals surface area (Å²) in [5, 5.41) is 3.48. The van der Waals surface area contributed by atoms with E-state index >= 15 is 0 Å². The zero-order valence-electron chi connectivity index (χ0n) is 14.1. The molecule has 1 aliphatic heterocycles. The number of benzene rings is 1. The van der Waals surface area contributed by atoms with E-state index in [1.807, 2.05) is 0 Å². The molecule has 120 valence electrons. The fourth-order valence-electron chi connectivity index (χ4n) is 2.98. The highest BCUT2D eigenvalue weighted by Crippen LogP contribution is 2.23. The summed E-state index contributed by atoms with van der Waals surface area (Å²) in [4.78, 5) is 0. The van der Waals surface area contributed by atoms with Crippen LogP contribution in [0.25, 0.3) is 5.57 Å². The lowest BCUT2D eigenvalue weighted by Crippen LogP contribution is -2.37. The molecular formula is C20H29NO. The monoisotopic (exact) mass is 299 g/mol. The van der Waals surface area contributed by atoms with E-state index in [2.05, 4.69) is 68.6 Å². The molecule has 0 aromatic heterocycles. The Bertz CT molecular complexity index is 518. The molecule has 2 atom stereocenters. The summed E-state index contributed by atoms with van der Waals surface area (Å²) in [5.74, 6) is 2.34. The average molecular weight is 299 g/mol. The van der Waals surface area contributed by atoms with Crippen LogP contribution >= 0.6 is 0 Å². The highest BCUT2D eigenvalue weighted by Gasteiger charge is 2.18. The van der Waals surface area contributed by atoms with E-state index in [-0.39, 0.29) is 0 Å². The third kappa shape index (κ3) is 5.03. The first-order valence-electron chi connectivity index (χ1n) is 8.49. The number of hydrogen-bond donors (Lipinski definition) is 1. The molecule has 0 saturated carbocycles. The molecule has 0 aliphatic carbocycles. The average Bonchev–Trinajstić information content (AvgIpc) is 2.54. The highest BCUT2D eigenvalue weighted by molar-refractivity contribution is 5.74. The van der Waals surface area contributed by atoms with Crippen molar-refractivity contribution in [2.75, 3.05) is 19.7 Å². The van der Waals surface area contributed by atoms with Gasteiger partial charge in [0.1, 0.15) is 5.75 Å². The van der Waals surface area contributed by atoms with Crippen LogP contribution in [0.5, 0.6) is 5.75 Å². The molecule has 0 radical (unpaired) electrons. The van der Waals surface area contributed by atoms with Gasteiger partial charge in [0.05, 0.1) is 6.61 Å². The Morgan fingerprint density at radius 3 is 2.95 bits per heavy atom. The molecule has 0 amide bonds. The van der Waals surface area contributed by atoms with Gasteiger partial charge < -0.3 is 10.1 Å². The van der Waals surface area contributed by atoms with Crippen molar-refractivity contribution in [3.05, 3.63) is 48.1 Å². The van der Waals surface area contributed by atoms with Crippen LogP contribution in [0.3, 0.4) is 0 Å². The molecule has 2 heteroatoms. The molecule has 0 spiro atoms. The number of nitrogens with one attached hydrogen (secondary N) is 1. The Hall–Kier alpha value is -1.54. The van der Waals surface area contributed by atoms with E-state index in [4.69, 9.17) is 4.74 Å². The predicted molar refractivity (Wildman–Crippen MR) is 95.2 cm³/mol. The quantitative estimate of drug-likeness (QED) is 0.770. The lowest BCUT2D eigenvalue weighted by atomic mass is 9.92. The van der Waals surface area contributed by atoms with Crippen LogP contribution < -0.4 is 10.1 Å². The smallest absolute Gasteiger partial charge is 0.119 e. The molecule has 0 bridgehead atoms. The standard InChI is InChI=1S/C20H29NO/c1-4-6-8-18(5-2)19-9-7-10-20(12-19)22-15-17-11-16(3)13-21-14-17/h5-10,12,16-17,21H,4,11,13-15H2,1-3H3/b8-6-,18-5+/t16-,17+/m1/s1. The Balaban J connectivity index is 1.97. The van der Waals surface area contributed by atoms with Crippen molar-refractivity contribution >= 4 is 5.57 Å². The van der Waals surface area contributed by atoms with Gasteiger partial charge in [-0.25, -0.2) is 0 Å². The van der Waals surface area contributed by atoms with Crippen LogP contribution in [0, 0.1) is 11.8 Å². The molecular weight excluding hydrogens is 270 g/mol. The SMILES string of the molecule is C/C=C(\C=C/CC)c1cccc(OC[C@@H]2CNC[C@H](C)C2)c1. The van der Waals surface area contributed by atoms with Crippen molar-refractivity contribution < 1.29 is 4.74 Å². The Kier molecular flexibility index (Phi) is 6.73. The summed E-state index contributed by atoms with van der Waals surface area (Å²) < 4.78 is 6.04. The molecule has 1 fully saturated rings. The Morgan fingerprint density at radius 1 is 1.36 bits per heavy atom. The highest BCUT2D eigenvalue weighted by atomic mass is 16.5. The number of rotatable bonds is 6. The summed E-state index contributed by atoms with van der Waals surface area (Å²) in [5.41, 5.74) is 2.47. The van der Waals surface area contributed by atoms with Crippen molar-refractivity contribution in [1.82, 2.24) is 5.32 Å². The van der Waals surface area contributed by atoms with Crippen molar-refractivity contribution in [2.24, 2.45) is 11.8 Å². The first-order valence-corrected chi connectivity index (χ1v) is 8.49. The minimum Gasteiger partial charge on any atom is -0.493 e. The third-order valence-electron chi connectivity index (χ3n) is 4.16. The van der Waals surface area contributed by atoms with Crippen molar-refractivity contribution in [1.29, 1.82) is 0 Å². The number of hydrogen-bond acceptors (Lipinski definition) is 2. The second kappa shape index (κ2) is 8.79. The second-order valence-corrected chi connectivity index (χ2v) is 6.26. The minimum absolute atomic E-state index is 0.619. The van der Waals surface area contributed by atoms with E-state index < -0.39 is 0 Å². The number of ether oxygens (including phenoxy) is 1. The number of piperidine rings is 1. The maximum absolute atomic E-state index is 6.04. The third-order valence-corrected chi connectivity index (χ3v) is 4.16. The predicted octanol–water partition coefficient (Wildman–Crippen LogP) is 4.68. The lowest BCUT2D eigenvalue weighted by Gasteiger charge is -2.27. The van der Waals surface area contributed by atoms with Gasteiger partial charge in [-0.3, -0.25) is 0 Å². The lowest BCUT2D eigenvalue weighted by molar-refractivity contribution is 0.194. The molecule has 1 N–H and O–H groups in total. The van der Waals surface area contributed by atoms with Crippen LogP contribution in [0.1, 0.15) is 39.2 Å². The van der Waals surface area contributed by atoms with Gasteiger partial charge in [-0.2, -0.15) is 0 Å². The zero-order valence-corrected chi connectivity index (χ0v) is 14.1. The van der Waals surface area contributed by atoms with Crippen LogP contribution in [-0.2, 0) is 0 Å². The molecule has 1 saturated heterocycles. The Labute approximate surface area is 135 Å². The Morgan fingerprint density at radius 2 is 2.23 bits per heavy atom.